The molecule has 1 unspecified atom stereocenters. The summed E-state index contributed by atoms with van der Waals surface area (Å²) < 4.78 is 37.6. The normalized spacial score (nSPS) is 36.0. The third kappa shape index (κ3) is 1.36. The van der Waals surface area contributed by atoms with Gasteiger partial charge in [-0.1, -0.05) is 0 Å². The summed E-state index contributed by atoms with van der Waals surface area (Å²) in [5.74, 6) is -2.86. The summed E-state index contributed by atoms with van der Waals surface area (Å²) in [4.78, 5) is 0. The van der Waals surface area contributed by atoms with Gasteiger partial charge < -0.3 is 5.73 Å². The van der Waals surface area contributed by atoms with Gasteiger partial charge in [0.25, 0.3) is 5.92 Å². The van der Waals surface area contributed by atoms with Crippen molar-refractivity contribution in [1.29, 1.82) is 0 Å². The molecule has 4 heteroatoms. The van der Waals surface area contributed by atoms with E-state index < -0.39 is 18.1 Å². The van der Waals surface area contributed by atoms with Crippen molar-refractivity contribution in [1.82, 2.24) is 0 Å². The Morgan fingerprint density at radius 2 is 1.91 bits per heavy atom. The van der Waals surface area contributed by atoms with Crippen LogP contribution in [0.3, 0.4) is 0 Å². The number of hydrogen-bond donors (Lipinski definition) is 1. The molecule has 1 atom stereocenters. The molecule has 0 aromatic carbocycles. The van der Waals surface area contributed by atoms with Gasteiger partial charge in [0.05, 0.1) is 12.2 Å². The summed E-state index contributed by atoms with van der Waals surface area (Å²) in [6.07, 6.45) is 0.233. The lowest BCUT2D eigenvalue weighted by molar-refractivity contribution is -0.0574. The summed E-state index contributed by atoms with van der Waals surface area (Å²) >= 11 is 0. The summed E-state index contributed by atoms with van der Waals surface area (Å²) in [6.45, 7) is -0.758. The first-order chi connectivity index (χ1) is 5.02. The molecule has 2 N–H and O–H groups in total. The molecule has 0 aromatic rings. The molecular weight excluding hydrogens is 155 g/mol. The first-order valence-electron chi connectivity index (χ1n) is 3.74. The average Bonchev–Trinajstić information content (AvgIpc) is 2.09. The third-order valence-corrected chi connectivity index (χ3v) is 2.38. The van der Waals surface area contributed by atoms with Crippen LogP contribution in [0.25, 0.3) is 0 Å². The quantitative estimate of drug-likeness (QED) is 0.667. The molecule has 1 aliphatic carbocycles. The lowest BCUT2D eigenvalue weighted by atomic mass is 9.92. The molecule has 0 amide bonds. The highest BCUT2D eigenvalue weighted by Gasteiger charge is 2.53. The molecule has 1 aliphatic rings. The van der Waals surface area contributed by atoms with E-state index in [-0.39, 0.29) is 19.3 Å². The predicted molar refractivity (Wildman–Crippen MR) is 36.3 cm³/mol. The molecule has 1 saturated carbocycles. The fraction of sp³-hybridized carbons (Fsp3) is 1.00. The minimum Gasteiger partial charge on any atom is -0.320 e. The minimum absolute atomic E-state index is 0.191. The zero-order valence-electron chi connectivity index (χ0n) is 6.25. The van der Waals surface area contributed by atoms with Gasteiger partial charge in [-0.05, 0) is 19.3 Å². The van der Waals surface area contributed by atoms with Gasteiger partial charge in [-0.15, -0.1) is 0 Å². The smallest absolute Gasteiger partial charge is 0.265 e. The fourth-order valence-electron chi connectivity index (χ4n) is 1.53. The molecule has 1 fully saturated rings. The lowest BCUT2D eigenvalue weighted by Crippen LogP contribution is -2.51. The van der Waals surface area contributed by atoms with E-state index in [1.54, 1.807) is 0 Å². The van der Waals surface area contributed by atoms with Crippen LogP contribution in [0.5, 0.6) is 0 Å². The fourth-order valence-corrected chi connectivity index (χ4v) is 1.53. The van der Waals surface area contributed by atoms with Crippen LogP contribution in [0.15, 0.2) is 0 Å². The SMILES string of the molecule is NC1(CCF)CCCC1(F)F. The maximum Gasteiger partial charge on any atom is 0.265 e. The average molecular weight is 167 g/mol. The van der Waals surface area contributed by atoms with Crippen LogP contribution in [0.1, 0.15) is 25.7 Å². The Morgan fingerprint density at radius 1 is 1.27 bits per heavy atom. The molecule has 0 radical (unpaired) electrons. The second-order valence-corrected chi connectivity index (χ2v) is 3.15. The number of halogens is 3. The molecule has 0 saturated heterocycles. The van der Waals surface area contributed by atoms with Gasteiger partial charge >= 0.3 is 0 Å². The largest absolute Gasteiger partial charge is 0.320 e. The van der Waals surface area contributed by atoms with Crippen molar-refractivity contribution >= 4 is 0 Å². The van der Waals surface area contributed by atoms with E-state index in [1.165, 1.54) is 0 Å². The molecule has 66 valence electrons. The molecule has 0 aromatic heterocycles. The van der Waals surface area contributed by atoms with E-state index >= 15 is 0 Å². The van der Waals surface area contributed by atoms with Crippen molar-refractivity contribution in [3.05, 3.63) is 0 Å². The Hall–Kier alpha value is -0.250. The van der Waals surface area contributed by atoms with E-state index in [4.69, 9.17) is 5.73 Å². The molecule has 0 aliphatic heterocycles. The Kier molecular flexibility index (Phi) is 2.14. The number of hydrogen-bond acceptors (Lipinski definition) is 1. The Bertz CT molecular complexity index is 149. The first kappa shape index (κ1) is 8.84. The maximum atomic E-state index is 12.9. The molecule has 1 rings (SSSR count). The monoisotopic (exact) mass is 167 g/mol. The highest BCUT2D eigenvalue weighted by molar-refractivity contribution is 5.02. The van der Waals surface area contributed by atoms with Crippen molar-refractivity contribution in [3.8, 4) is 0 Å². The predicted octanol–water partition coefficient (Wildman–Crippen LogP) is 1.86. The Balaban J connectivity index is 2.68. The van der Waals surface area contributed by atoms with Crippen LogP contribution in [0.4, 0.5) is 13.2 Å². The second-order valence-electron chi connectivity index (χ2n) is 3.15. The van der Waals surface area contributed by atoms with Gasteiger partial charge in [-0.25, -0.2) is 8.78 Å². The van der Waals surface area contributed by atoms with Crippen molar-refractivity contribution in [3.63, 3.8) is 0 Å². The van der Waals surface area contributed by atoms with Crippen LogP contribution in [0, 0.1) is 0 Å². The zero-order valence-corrected chi connectivity index (χ0v) is 6.25. The van der Waals surface area contributed by atoms with Crippen LogP contribution < -0.4 is 5.73 Å². The van der Waals surface area contributed by atoms with E-state index in [1.807, 2.05) is 0 Å². The van der Waals surface area contributed by atoms with Gasteiger partial charge in [-0.3, -0.25) is 4.39 Å². The Morgan fingerprint density at radius 3 is 2.27 bits per heavy atom. The molecule has 0 bridgehead atoms. The first-order valence-corrected chi connectivity index (χ1v) is 3.74. The van der Waals surface area contributed by atoms with Gasteiger partial charge in [0, 0.05) is 6.42 Å². The maximum absolute atomic E-state index is 12.9. The van der Waals surface area contributed by atoms with Gasteiger partial charge in [-0.2, -0.15) is 0 Å². The molecule has 11 heavy (non-hydrogen) atoms. The Labute approximate surface area is 63.8 Å². The summed E-state index contributed by atoms with van der Waals surface area (Å²) in [7, 11) is 0. The van der Waals surface area contributed by atoms with Gasteiger partial charge in [0.1, 0.15) is 0 Å². The molecule has 0 heterocycles. The summed E-state index contributed by atoms with van der Waals surface area (Å²) in [5.41, 5.74) is 3.79. The van der Waals surface area contributed by atoms with Crippen molar-refractivity contribution in [2.75, 3.05) is 6.67 Å². The summed E-state index contributed by atoms with van der Waals surface area (Å²) in [5, 5.41) is 0. The number of rotatable bonds is 2. The van der Waals surface area contributed by atoms with Crippen LogP contribution in [0.2, 0.25) is 0 Å². The number of alkyl halides is 3. The highest BCUT2D eigenvalue weighted by atomic mass is 19.3. The standard InChI is InChI=1S/C7H12F3N/c8-5-4-6(11)2-1-3-7(6,9)10/h1-5,11H2. The van der Waals surface area contributed by atoms with Crippen LogP contribution in [-0.4, -0.2) is 18.1 Å². The minimum atomic E-state index is -2.86. The van der Waals surface area contributed by atoms with Crippen molar-refractivity contribution < 1.29 is 13.2 Å². The van der Waals surface area contributed by atoms with Crippen LogP contribution >= 0.6 is 0 Å². The van der Waals surface area contributed by atoms with E-state index in [9.17, 15) is 13.2 Å². The molecular formula is C7H12F3N. The van der Waals surface area contributed by atoms with E-state index in [0.29, 0.717) is 6.42 Å². The van der Waals surface area contributed by atoms with Gasteiger partial charge in [0.2, 0.25) is 0 Å². The van der Waals surface area contributed by atoms with Gasteiger partial charge in [0.15, 0.2) is 0 Å². The van der Waals surface area contributed by atoms with E-state index in [0.717, 1.165) is 0 Å². The van der Waals surface area contributed by atoms with E-state index in [2.05, 4.69) is 0 Å². The third-order valence-electron chi connectivity index (χ3n) is 2.38. The molecule has 0 spiro atoms. The van der Waals surface area contributed by atoms with Crippen molar-refractivity contribution in [2.45, 2.75) is 37.1 Å². The molecule has 1 nitrogen and oxygen atoms in total. The highest BCUT2D eigenvalue weighted by Crippen LogP contribution is 2.43. The van der Waals surface area contributed by atoms with Crippen molar-refractivity contribution in [2.24, 2.45) is 5.73 Å². The summed E-state index contributed by atoms with van der Waals surface area (Å²) in [6, 6.07) is 0. The van der Waals surface area contributed by atoms with Crippen LogP contribution in [-0.2, 0) is 0 Å². The topological polar surface area (TPSA) is 26.0 Å². The zero-order chi connectivity index (χ0) is 8.54. The number of nitrogens with two attached hydrogens (primary N) is 1. The lowest BCUT2D eigenvalue weighted by Gasteiger charge is -2.29. The second kappa shape index (κ2) is 2.66.